The molecule has 3 heterocycles. The number of rotatable bonds is 8. The number of pyridine rings is 1. The summed E-state index contributed by atoms with van der Waals surface area (Å²) in [6.07, 6.45) is 1.94. The summed E-state index contributed by atoms with van der Waals surface area (Å²) < 4.78 is 11.4. The first-order valence-corrected chi connectivity index (χ1v) is 14.0. The second kappa shape index (κ2) is 11.8. The fraction of sp³-hybridized carbons (Fsp3) is 0.152. The number of nitrogens with zero attached hydrogens (tertiary/aromatic N) is 2. The van der Waals surface area contributed by atoms with Crippen molar-refractivity contribution in [3.63, 3.8) is 0 Å². The van der Waals surface area contributed by atoms with Crippen LogP contribution in [0.1, 0.15) is 40.3 Å². The fourth-order valence-corrected chi connectivity index (χ4v) is 5.70. The number of nitrogens with one attached hydrogen (secondary N) is 2. The first-order valence-electron chi connectivity index (χ1n) is 13.6. The molecule has 0 aliphatic carbocycles. The van der Waals surface area contributed by atoms with E-state index in [1.165, 1.54) is 7.11 Å². The van der Waals surface area contributed by atoms with E-state index >= 15 is 0 Å². The zero-order valence-electron chi connectivity index (χ0n) is 22.8. The van der Waals surface area contributed by atoms with E-state index in [1.54, 1.807) is 18.3 Å². The summed E-state index contributed by atoms with van der Waals surface area (Å²) >= 11 is 5.76. The fourth-order valence-electron chi connectivity index (χ4n) is 5.37. The number of ether oxygens (including phenoxy) is 1. The van der Waals surface area contributed by atoms with Crippen LogP contribution in [-0.2, 0) is 9.53 Å². The van der Waals surface area contributed by atoms with Gasteiger partial charge >= 0.3 is 5.97 Å². The maximum Gasteiger partial charge on any atom is 0.338 e. The van der Waals surface area contributed by atoms with Gasteiger partial charge in [-0.05, 0) is 54.0 Å². The lowest BCUT2D eigenvalue weighted by atomic mass is 10.0. The summed E-state index contributed by atoms with van der Waals surface area (Å²) in [5.74, 6) is 0.582. The minimum atomic E-state index is -0.447. The lowest BCUT2D eigenvalue weighted by molar-refractivity contribution is -0.116. The molecule has 210 valence electrons. The highest BCUT2D eigenvalue weighted by molar-refractivity contribution is 7.80. The topological polar surface area (TPSA) is 96.7 Å². The second-order valence-electron chi connectivity index (χ2n) is 9.88. The molecule has 42 heavy (non-hydrogen) atoms. The molecule has 5 aromatic rings. The highest BCUT2D eigenvalue weighted by Gasteiger charge is 2.41. The van der Waals surface area contributed by atoms with Crippen LogP contribution in [0.5, 0.6) is 0 Å². The number of thiocarbonyl (C=S) groups is 1. The third kappa shape index (κ3) is 5.34. The SMILES string of the molecule is COC(=O)c1ccccc1-c1ccc([C@@H]2[C@@H](c3ccccn3)NC(=S)N2CCC(=O)Nc2cccc3ccccc23)o1. The molecule has 0 bridgehead atoms. The molecular formula is C33H28N4O4S. The first-order chi connectivity index (χ1) is 20.5. The van der Waals surface area contributed by atoms with Crippen molar-refractivity contribution in [2.45, 2.75) is 18.5 Å². The van der Waals surface area contributed by atoms with Crippen LogP contribution in [0.3, 0.4) is 0 Å². The molecule has 1 saturated heterocycles. The number of hydrogen-bond acceptors (Lipinski definition) is 6. The first kappa shape index (κ1) is 27.2. The van der Waals surface area contributed by atoms with Crippen LogP contribution < -0.4 is 10.6 Å². The third-order valence-electron chi connectivity index (χ3n) is 7.36. The number of anilines is 1. The Kier molecular flexibility index (Phi) is 7.66. The zero-order chi connectivity index (χ0) is 29.1. The Hall–Kier alpha value is -5.02. The maximum atomic E-state index is 13.2. The number of esters is 1. The van der Waals surface area contributed by atoms with Gasteiger partial charge in [-0.2, -0.15) is 0 Å². The average Bonchev–Trinajstić information content (AvgIpc) is 3.64. The number of carbonyl (C=O) groups is 2. The van der Waals surface area contributed by atoms with Crippen LogP contribution >= 0.6 is 12.2 Å². The molecule has 1 aliphatic rings. The Balaban J connectivity index is 1.28. The van der Waals surface area contributed by atoms with Gasteiger partial charge in [0.2, 0.25) is 5.91 Å². The molecule has 1 fully saturated rings. The van der Waals surface area contributed by atoms with Gasteiger partial charge in [0.25, 0.3) is 0 Å². The van der Waals surface area contributed by atoms with Gasteiger partial charge in [0.05, 0.1) is 24.4 Å². The van der Waals surface area contributed by atoms with Gasteiger partial charge in [-0.3, -0.25) is 9.78 Å². The lowest BCUT2D eigenvalue weighted by Gasteiger charge is -2.26. The number of hydrogen-bond donors (Lipinski definition) is 2. The van der Waals surface area contributed by atoms with E-state index in [9.17, 15) is 9.59 Å². The van der Waals surface area contributed by atoms with Crippen LogP contribution in [0.4, 0.5) is 5.69 Å². The third-order valence-corrected chi connectivity index (χ3v) is 7.71. The number of amides is 1. The largest absolute Gasteiger partial charge is 0.465 e. The Morgan fingerprint density at radius 3 is 2.60 bits per heavy atom. The van der Waals surface area contributed by atoms with E-state index in [0.29, 0.717) is 34.3 Å². The number of benzene rings is 3. The van der Waals surface area contributed by atoms with E-state index in [4.69, 9.17) is 21.4 Å². The normalized spacial score (nSPS) is 16.3. The number of fused-ring (bicyclic) bond motifs is 1. The Bertz CT molecular complexity index is 1770. The molecule has 3 aromatic carbocycles. The summed E-state index contributed by atoms with van der Waals surface area (Å²) in [4.78, 5) is 32.1. The van der Waals surface area contributed by atoms with E-state index in [0.717, 1.165) is 22.2 Å². The monoisotopic (exact) mass is 576 g/mol. The van der Waals surface area contributed by atoms with E-state index in [-0.39, 0.29) is 24.4 Å². The molecule has 0 saturated carbocycles. The van der Waals surface area contributed by atoms with E-state index in [1.807, 2.05) is 89.8 Å². The molecule has 0 unspecified atom stereocenters. The van der Waals surface area contributed by atoms with Gasteiger partial charge < -0.3 is 24.7 Å². The van der Waals surface area contributed by atoms with Gasteiger partial charge in [0, 0.05) is 35.8 Å². The second-order valence-corrected chi connectivity index (χ2v) is 10.3. The molecular weight excluding hydrogens is 548 g/mol. The summed E-state index contributed by atoms with van der Waals surface area (Å²) in [5.41, 5.74) is 2.59. The van der Waals surface area contributed by atoms with Gasteiger partial charge in [0.15, 0.2) is 5.11 Å². The smallest absolute Gasteiger partial charge is 0.338 e. The molecule has 1 amide bonds. The number of aromatic nitrogens is 1. The van der Waals surface area contributed by atoms with E-state index in [2.05, 4.69) is 15.6 Å². The molecule has 2 N–H and O–H groups in total. The van der Waals surface area contributed by atoms with Crippen molar-refractivity contribution in [1.82, 2.24) is 15.2 Å². The van der Waals surface area contributed by atoms with Gasteiger partial charge in [-0.25, -0.2) is 4.79 Å². The van der Waals surface area contributed by atoms with Gasteiger partial charge in [0.1, 0.15) is 17.6 Å². The molecule has 8 nitrogen and oxygen atoms in total. The Morgan fingerprint density at radius 1 is 0.976 bits per heavy atom. The quantitative estimate of drug-likeness (QED) is 0.165. The average molecular weight is 577 g/mol. The van der Waals surface area contributed by atoms with Gasteiger partial charge in [-0.1, -0.05) is 60.7 Å². The number of furan rings is 1. The molecule has 6 rings (SSSR count). The van der Waals surface area contributed by atoms with Crippen LogP contribution in [0, 0.1) is 0 Å². The van der Waals surface area contributed by atoms with Gasteiger partial charge in [-0.15, -0.1) is 0 Å². The standard InChI is InChI=1S/C33H28N4O4S/c1-40-32(39)24-13-5-4-12-23(24)27-16-17-28(41-27)31-30(26-14-6-7-19-34-26)36-33(42)37(31)20-18-29(38)35-25-15-8-10-21-9-2-3-11-22(21)25/h2-17,19,30-31H,18,20H2,1H3,(H,35,38)(H,36,42)/t30-,31-/m1/s1. The van der Waals surface area contributed by atoms with Crippen molar-refractivity contribution < 1.29 is 18.7 Å². The van der Waals surface area contributed by atoms with Crippen molar-refractivity contribution >= 4 is 45.7 Å². The van der Waals surface area contributed by atoms with E-state index < -0.39 is 5.97 Å². The molecule has 9 heteroatoms. The van der Waals surface area contributed by atoms with Crippen molar-refractivity contribution in [2.75, 3.05) is 19.0 Å². The van der Waals surface area contributed by atoms with Crippen molar-refractivity contribution in [1.29, 1.82) is 0 Å². The highest BCUT2D eigenvalue weighted by Crippen LogP contribution is 2.41. The van der Waals surface area contributed by atoms with Crippen molar-refractivity contribution in [2.24, 2.45) is 0 Å². The predicted octanol–water partition coefficient (Wildman–Crippen LogP) is 6.28. The van der Waals surface area contributed by atoms with Crippen LogP contribution in [0.2, 0.25) is 0 Å². The highest BCUT2D eigenvalue weighted by atomic mass is 32.1. The van der Waals surface area contributed by atoms with Crippen LogP contribution in [-0.4, -0.2) is 40.5 Å². The maximum absolute atomic E-state index is 13.2. The Labute approximate surface area is 248 Å². The van der Waals surface area contributed by atoms with Crippen LogP contribution in [0.25, 0.3) is 22.1 Å². The summed E-state index contributed by atoms with van der Waals surface area (Å²) in [5, 5.41) is 8.98. The Morgan fingerprint density at radius 2 is 1.76 bits per heavy atom. The molecule has 0 radical (unpaired) electrons. The summed E-state index contributed by atoms with van der Waals surface area (Å²) in [7, 11) is 1.35. The predicted molar refractivity (Wildman–Crippen MR) is 165 cm³/mol. The lowest BCUT2D eigenvalue weighted by Crippen LogP contribution is -2.32. The molecule has 1 aliphatic heterocycles. The summed E-state index contributed by atoms with van der Waals surface area (Å²) in [6.45, 7) is 0.352. The molecule has 2 aromatic heterocycles. The molecule has 0 spiro atoms. The number of methoxy groups -OCH3 is 1. The van der Waals surface area contributed by atoms with Crippen molar-refractivity contribution in [3.8, 4) is 11.3 Å². The summed E-state index contributed by atoms with van der Waals surface area (Å²) in [6, 6.07) is 29.7. The minimum Gasteiger partial charge on any atom is -0.465 e. The zero-order valence-corrected chi connectivity index (χ0v) is 23.6. The number of carbonyl (C=O) groups excluding carboxylic acids is 2. The minimum absolute atomic E-state index is 0.124. The van der Waals surface area contributed by atoms with Crippen LogP contribution in [0.15, 0.2) is 108 Å². The molecule has 2 atom stereocenters. The van der Waals surface area contributed by atoms with Crippen molar-refractivity contribution in [3.05, 3.63) is 120 Å².